The van der Waals surface area contributed by atoms with Crippen molar-refractivity contribution in [2.45, 2.75) is 18.0 Å². The van der Waals surface area contributed by atoms with Gasteiger partial charge in [0, 0.05) is 0 Å². The van der Waals surface area contributed by atoms with Gasteiger partial charge in [-0.25, -0.2) is 0 Å². The smallest absolute Gasteiger partial charge is 0.198 e. The van der Waals surface area contributed by atoms with Crippen LogP contribution in [0, 0.1) is 0 Å². The van der Waals surface area contributed by atoms with E-state index in [1.54, 1.807) is 0 Å². The lowest BCUT2D eigenvalue weighted by Crippen LogP contribution is -2.54. The normalized spacial score (nSPS) is 15.5. The lowest BCUT2D eigenvalue weighted by molar-refractivity contribution is -0.348. The molecule has 0 aliphatic rings. The Morgan fingerprint density at radius 3 is 1.40 bits per heavy atom. The molecule has 0 amide bonds. The fourth-order valence-electron chi connectivity index (χ4n) is 0.515. The van der Waals surface area contributed by atoms with E-state index in [9.17, 15) is 43.0 Å². The third kappa shape index (κ3) is 3.18. The van der Waals surface area contributed by atoms with Crippen molar-refractivity contribution >= 4 is 10.2 Å². The molecule has 0 saturated carbocycles. The van der Waals surface area contributed by atoms with Gasteiger partial charge in [0.2, 0.25) is 0 Å². The summed E-state index contributed by atoms with van der Waals surface area (Å²) in [6.07, 6.45) is -6.67. The van der Waals surface area contributed by atoms with Gasteiger partial charge < -0.3 is 0 Å². The van der Waals surface area contributed by atoms with E-state index in [1.807, 2.05) is 0 Å². The Morgan fingerprint density at radius 1 is 0.867 bits per heavy atom. The van der Waals surface area contributed by atoms with Gasteiger partial charge in [0.1, 0.15) is 0 Å². The molecule has 11 heteroatoms. The van der Waals surface area contributed by atoms with Crippen LogP contribution in [0.1, 0.15) is 0 Å². The van der Waals surface area contributed by atoms with Crippen molar-refractivity contribution in [3.63, 3.8) is 0 Å². The third-order valence-corrected chi connectivity index (χ3v) is 1.88. The molecule has 0 bridgehead atoms. The van der Waals surface area contributed by atoms with Crippen LogP contribution >= 0.6 is 0 Å². The van der Waals surface area contributed by atoms with Gasteiger partial charge in [0.05, 0.1) is 0 Å². The topological polar surface area (TPSA) is 34.1 Å². The summed E-state index contributed by atoms with van der Waals surface area (Å²) in [6, 6.07) is 0. The van der Waals surface area contributed by atoms with Crippen molar-refractivity contribution in [3.8, 4) is 0 Å². The molecule has 0 aromatic rings. The van der Waals surface area contributed by atoms with Crippen LogP contribution in [0.2, 0.25) is 0 Å². The summed E-state index contributed by atoms with van der Waals surface area (Å²) >= 11 is 0. The molecule has 0 aromatic carbocycles. The highest BCUT2D eigenvalue weighted by molar-refractivity contribution is 7.86. The summed E-state index contributed by atoms with van der Waals surface area (Å²) < 4.78 is 113. The van der Waals surface area contributed by atoms with Crippen molar-refractivity contribution < 1.29 is 43.0 Å². The Hall–Kier alpha value is -0.610. The molecule has 0 N–H and O–H groups in total. The summed E-state index contributed by atoms with van der Waals surface area (Å²) in [6.45, 7) is 0. The first-order valence-electron chi connectivity index (χ1n) is 2.95. The van der Waals surface area contributed by atoms with E-state index in [1.165, 1.54) is 0 Å². The summed E-state index contributed by atoms with van der Waals surface area (Å²) in [7, 11) is -6.16. The highest BCUT2D eigenvalue weighted by Gasteiger charge is 2.73. The van der Waals surface area contributed by atoms with E-state index >= 15 is 0 Å². The molecule has 15 heavy (non-hydrogen) atoms. The van der Waals surface area contributed by atoms with Crippen molar-refractivity contribution in [3.05, 3.63) is 0 Å². The van der Waals surface area contributed by atoms with Gasteiger partial charge in [-0.3, -0.25) is 0 Å². The number of rotatable bonds is 3. The van der Waals surface area contributed by atoms with Crippen LogP contribution in [-0.2, 0) is 10.2 Å². The van der Waals surface area contributed by atoms with Gasteiger partial charge in [0.25, 0.3) is 0 Å². The van der Waals surface area contributed by atoms with Crippen LogP contribution in [0.5, 0.6) is 0 Å². The van der Waals surface area contributed by atoms with Gasteiger partial charge >= 0.3 is 28.2 Å². The van der Waals surface area contributed by atoms with Crippen LogP contribution in [0.15, 0.2) is 0 Å². The second-order valence-corrected chi connectivity index (χ2v) is 3.83. The number of halogens is 8. The average molecular weight is 266 g/mol. The van der Waals surface area contributed by atoms with Gasteiger partial charge in [0.15, 0.2) is 5.75 Å². The Morgan fingerprint density at radius 2 is 1.20 bits per heavy atom. The number of hydrogen-bond donors (Lipinski definition) is 0. The van der Waals surface area contributed by atoms with Crippen LogP contribution in [0.4, 0.5) is 34.6 Å². The van der Waals surface area contributed by atoms with Crippen molar-refractivity contribution in [1.82, 2.24) is 0 Å². The highest BCUT2D eigenvalue weighted by Crippen LogP contribution is 2.46. The van der Waals surface area contributed by atoms with E-state index in [0.29, 0.717) is 0 Å². The van der Waals surface area contributed by atoms with Crippen LogP contribution in [-0.4, -0.2) is 32.2 Å². The van der Waals surface area contributed by atoms with Crippen LogP contribution in [0.3, 0.4) is 0 Å². The maximum absolute atomic E-state index is 12.1. The lowest BCUT2D eigenvalue weighted by atomic mass is 10.2. The molecule has 0 aliphatic carbocycles. The molecule has 0 fully saturated rings. The van der Waals surface area contributed by atoms with Crippen molar-refractivity contribution in [1.29, 1.82) is 0 Å². The van der Waals surface area contributed by atoms with Crippen LogP contribution < -0.4 is 0 Å². The van der Waals surface area contributed by atoms with Gasteiger partial charge in [-0.15, -0.1) is 3.89 Å². The van der Waals surface area contributed by atoms with E-state index in [2.05, 4.69) is 0 Å². The SMILES string of the molecule is O=S(=O)(F)CC(F)(F)C(F)(F)C(F)(F)F. The molecule has 0 atom stereocenters. The zero-order valence-electron chi connectivity index (χ0n) is 6.46. The molecule has 0 saturated heterocycles. The molecule has 0 aromatic heterocycles. The first-order chi connectivity index (χ1) is 6.21. The molecule has 0 radical (unpaired) electrons. The molecule has 2 nitrogen and oxygen atoms in total. The Balaban J connectivity index is 5.21. The van der Waals surface area contributed by atoms with Crippen molar-refractivity contribution in [2.24, 2.45) is 0 Å². The molecule has 0 rings (SSSR count). The zero-order valence-corrected chi connectivity index (χ0v) is 7.27. The fraction of sp³-hybridized carbons (Fsp3) is 1.00. The predicted octanol–water partition coefficient (Wildman–Crippen LogP) is 2.12. The highest BCUT2D eigenvalue weighted by atomic mass is 32.3. The predicted molar refractivity (Wildman–Crippen MR) is 30.8 cm³/mol. The zero-order chi connectivity index (χ0) is 12.7. The second-order valence-electron chi connectivity index (χ2n) is 2.46. The standard InChI is InChI=1S/C4H2F8O2S/c5-2(6,1-15(12,13)14)3(7,8)4(9,10)11/h1H2. The largest absolute Gasteiger partial charge is 0.459 e. The minimum atomic E-state index is -6.67. The minimum absolute atomic E-state index is 3.23. The van der Waals surface area contributed by atoms with Gasteiger partial charge in [-0.1, -0.05) is 0 Å². The Kier molecular flexibility index (Phi) is 3.31. The molecule has 0 spiro atoms. The summed E-state index contributed by atoms with van der Waals surface area (Å²) in [4.78, 5) is 0. The monoisotopic (exact) mass is 266 g/mol. The molecule has 0 heterocycles. The number of hydrogen-bond acceptors (Lipinski definition) is 2. The van der Waals surface area contributed by atoms with E-state index in [4.69, 9.17) is 0 Å². The second kappa shape index (κ2) is 3.46. The minimum Gasteiger partial charge on any atom is -0.198 e. The molecular formula is C4H2F8O2S. The molecule has 0 aliphatic heterocycles. The maximum Gasteiger partial charge on any atom is 0.459 e. The third-order valence-electron chi connectivity index (χ3n) is 1.17. The van der Waals surface area contributed by atoms with Gasteiger partial charge in [-0.05, 0) is 0 Å². The first-order valence-corrected chi connectivity index (χ1v) is 4.51. The fourth-order valence-corrected chi connectivity index (χ4v) is 1.13. The van der Waals surface area contributed by atoms with E-state index in [-0.39, 0.29) is 0 Å². The van der Waals surface area contributed by atoms with E-state index in [0.717, 1.165) is 0 Å². The Bertz CT molecular complexity index is 327. The number of alkyl halides is 7. The first kappa shape index (κ1) is 14.4. The van der Waals surface area contributed by atoms with Gasteiger partial charge in [-0.2, -0.15) is 39.2 Å². The summed E-state index contributed by atoms with van der Waals surface area (Å²) in [5, 5.41) is 0. The summed E-state index contributed by atoms with van der Waals surface area (Å²) in [5.41, 5.74) is 0. The average Bonchev–Trinajstić information content (AvgIpc) is 1.77. The van der Waals surface area contributed by atoms with E-state index < -0.39 is 34.0 Å². The molecule has 0 unspecified atom stereocenters. The lowest BCUT2D eigenvalue weighted by Gasteiger charge is -2.26. The summed E-state index contributed by atoms with van der Waals surface area (Å²) in [5.74, 6) is -15.9. The Labute approximate surface area is 78.1 Å². The van der Waals surface area contributed by atoms with Crippen LogP contribution in [0.25, 0.3) is 0 Å². The molecule has 92 valence electrons. The quantitative estimate of drug-likeness (QED) is 0.579. The maximum atomic E-state index is 12.1. The molecular weight excluding hydrogens is 264 g/mol. The van der Waals surface area contributed by atoms with Crippen molar-refractivity contribution in [2.75, 3.05) is 5.75 Å².